The first-order valence-electron chi connectivity index (χ1n) is 9.26. The quantitative estimate of drug-likeness (QED) is 0.365. The highest BCUT2D eigenvalue weighted by molar-refractivity contribution is 6.41. The summed E-state index contributed by atoms with van der Waals surface area (Å²) in [7, 11) is 0. The number of Topliss-reactive ketones (excluding diaryl/α,β-unsaturated/α-hetero) is 1. The van der Waals surface area contributed by atoms with E-state index in [1.165, 1.54) is 29.8 Å². The first kappa shape index (κ1) is 19.8. The fraction of sp³-hybridized carbons (Fsp3) is 0.348. The molecule has 1 N–H and O–H groups in total. The Hall–Kier alpha value is -2.95. The van der Waals surface area contributed by atoms with Crippen molar-refractivity contribution in [3.63, 3.8) is 0 Å². The molecule has 0 unspecified atom stereocenters. The molecule has 146 valence electrons. The van der Waals surface area contributed by atoms with E-state index in [2.05, 4.69) is 27.7 Å². The third-order valence-electron chi connectivity index (χ3n) is 5.61. The van der Waals surface area contributed by atoms with E-state index in [-0.39, 0.29) is 22.1 Å². The van der Waals surface area contributed by atoms with Crippen molar-refractivity contribution >= 4 is 17.7 Å². The van der Waals surface area contributed by atoms with Crippen LogP contribution in [0.1, 0.15) is 72.4 Å². The number of fused-ring (bicyclic) bond motifs is 1. The van der Waals surface area contributed by atoms with E-state index in [9.17, 15) is 14.4 Å². The Morgan fingerprint density at radius 2 is 1.36 bits per heavy atom. The molecule has 0 aliphatic heterocycles. The Labute approximate surface area is 164 Å². The lowest BCUT2D eigenvalue weighted by Crippen LogP contribution is -2.34. The average molecular weight is 380 g/mol. The van der Waals surface area contributed by atoms with Crippen molar-refractivity contribution in [2.75, 3.05) is 0 Å². The summed E-state index contributed by atoms with van der Waals surface area (Å²) >= 11 is 0. The second kappa shape index (κ2) is 6.89. The minimum Gasteiger partial charge on any atom is -0.478 e. The highest BCUT2D eigenvalue weighted by Gasteiger charge is 2.37. The number of rotatable bonds is 4. The van der Waals surface area contributed by atoms with Gasteiger partial charge in [-0.3, -0.25) is 4.79 Å². The molecule has 0 bridgehead atoms. The van der Waals surface area contributed by atoms with Crippen LogP contribution in [0.25, 0.3) is 0 Å². The molecule has 0 saturated heterocycles. The molecular weight excluding hydrogens is 356 g/mol. The Morgan fingerprint density at radius 1 is 0.821 bits per heavy atom. The zero-order valence-corrected chi connectivity index (χ0v) is 16.5. The van der Waals surface area contributed by atoms with Crippen molar-refractivity contribution in [3.8, 4) is 5.75 Å². The summed E-state index contributed by atoms with van der Waals surface area (Å²) in [6.07, 6.45) is 2.07. The predicted octanol–water partition coefficient (Wildman–Crippen LogP) is 4.52. The molecule has 1 aliphatic rings. The average Bonchev–Trinajstić information content (AvgIpc) is 2.65. The van der Waals surface area contributed by atoms with E-state index in [4.69, 9.17) is 9.84 Å². The molecule has 28 heavy (non-hydrogen) atoms. The van der Waals surface area contributed by atoms with Gasteiger partial charge in [0.2, 0.25) is 0 Å². The number of benzene rings is 2. The molecule has 0 aromatic heterocycles. The third-order valence-corrected chi connectivity index (χ3v) is 5.61. The number of ether oxygens (including phenoxy) is 1. The molecule has 5 nitrogen and oxygen atoms in total. The van der Waals surface area contributed by atoms with Crippen LogP contribution in [0.5, 0.6) is 5.75 Å². The van der Waals surface area contributed by atoms with E-state index in [0.717, 1.165) is 18.4 Å². The minimum atomic E-state index is -1.08. The number of carbonyl (C=O) groups excluding carboxylic acids is 2. The number of ketones is 1. The molecule has 1 aliphatic carbocycles. The fourth-order valence-electron chi connectivity index (χ4n) is 3.67. The standard InChI is InChI=1S/C23H24O5/c1-22(2)11-12-23(3,4)18-13-15(7-10-17(18)22)19(24)21(27)28-16-8-5-14(6-9-16)20(25)26/h5-10,13H,11-12H2,1-4H3,(H,25,26). The molecule has 0 heterocycles. The summed E-state index contributed by atoms with van der Waals surface area (Å²) in [5, 5.41) is 8.91. The molecule has 0 amide bonds. The smallest absolute Gasteiger partial charge is 0.385 e. The highest BCUT2D eigenvalue weighted by atomic mass is 16.5. The summed E-state index contributed by atoms with van der Waals surface area (Å²) in [5.74, 6) is -2.66. The van der Waals surface area contributed by atoms with Gasteiger partial charge in [0.25, 0.3) is 5.78 Å². The number of carboxylic acid groups (broad SMARTS) is 1. The summed E-state index contributed by atoms with van der Waals surface area (Å²) < 4.78 is 5.12. The van der Waals surface area contributed by atoms with Gasteiger partial charge in [-0.25, -0.2) is 9.59 Å². The van der Waals surface area contributed by atoms with Gasteiger partial charge in [0.15, 0.2) is 0 Å². The van der Waals surface area contributed by atoms with Crippen molar-refractivity contribution in [1.29, 1.82) is 0 Å². The Morgan fingerprint density at radius 3 is 1.93 bits per heavy atom. The first-order valence-corrected chi connectivity index (χ1v) is 9.26. The zero-order chi connectivity index (χ0) is 20.7. The lowest BCUT2D eigenvalue weighted by molar-refractivity contribution is -0.129. The van der Waals surface area contributed by atoms with Crippen molar-refractivity contribution < 1.29 is 24.2 Å². The molecule has 0 fully saturated rings. The zero-order valence-electron chi connectivity index (χ0n) is 16.5. The Kier molecular flexibility index (Phi) is 4.88. The van der Waals surface area contributed by atoms with Crippen molar-refractivity contribution in [2.24, 2.45) is 0 Å². The van der Waals surface area contributed by atoms with Crippen LogP contribution in [0.15, 0.2) is 42.5 Å². The highest BCUT2D eigenvalue weighted by Crippen LogP contribution is 2.45. The van der Waals surface area contributed by atoms with Gasteiger partial charge in [-0.2, -0.15) is 0 Å². The molecule has 3 rings (SSSR count). The number of hydrogen-bond acceptors (Lipinski definition) is 4. The third kappa shape index (κ3) is 3.70. The molecule has 0 saturated carbocycles. The van der Waals surface area contributed by atoms with Crippen LogP contribution in [-0.2, 0) is 15.6 Å². The fourth-order valence-corrected chi connectivity index (χ4v) is 3.67. The van der Waals surface area contributed by atoms with Crippen molar-refractivity contribution in [2.45, 2.75) is 51.4 Å². The second-order valence-corrected chi connectivity index (χ2v) is 8.58. The normalized spacial score (nSPS) is 16.7. The van der Waals surface area contributed by atoms with Crippen LogP contribution in [0.2, 0.25) is 0 Å². The Bertz CT molecular complexity index is 951. The van der Waals surface area contributed by atoms with Crippen LogP contribution < -0.4 is 4.74 Å². The van der Waals surface area contributed by atoms with E-state index < -0.39 is 17.7 Å². The van der Waals surface area contributed by atoms with Crippen LogP contribution in [0.3, 0.4) is 0 Å². The van der Waals surface area contributed by atoms with Gasteiger partial charge in [-0.15, -0.1) is 0 Å². The van der Waals surface area contributed by atoms with Gasteiger partial charge in [0.05, 0.1) is 5.56 Å². The lowest BCUT2D eigenvalue weighted by atomic mass is 9.63. The largest absolute Gasteiger partial charge is 0.478 e. The molecule has 0 atom stereocenters. The van der Waals surface area contributed by atoms with Gasteiger partial charge in [0, 0.05) is 5.56 Å². The number of carbonyl (C=O) groups is 3. The van der Waals surface area contributed by atoms with Gasteiger partial charge in [0.1, 0.15) is 5.75 Å². The summed E-state index contributed by atoms with van der Waals surface area (Å²) in [6.45, 7) is 8.69. The topological polar surface area (TPSA) is 80.7 Å². The van der Waals surface area contributed by atoms with Crippen LogP contribution >= 0.6 is 0 Å². The van der Waals surface area contributed by atoms with Gasteiger partial charge >= 0.3 is 11.9 Å². The maximum absolute atomic E-state index is 12.6. The van der Waals surface area contributed by atoms with Crippen LogP contribution in [0.4, 0.5) is 0 Å². The second-order valence-electron chi connectivity index (χ2n) is 8.58. The van der Waals surface area contributed by atoms with E-state index in [1.807, 2.05) is 12.1 Å². The monoisotopic (exact) mass is 380 g/mol. The molecule has 5 heteroatoms. The summed E-state index contributed by atoms with van der Waals surface area (Å²) in [6, 6.07) is 10.8. The van der Waals surface area contributed by atoms with Crippen molar-refractivity contribution in [1.82, 2.24) is 0 Å². The van der Waals surface area contributed by atoms with Crippen LogP contribution in [0, 0.1) is 0 Å². The van der Waals surface area contributed by atoms with Crippen molar-refractivity contribution in [3.05, 3.63) is 64.7 Å². The van der Waals surface area contributed by atoms with E-state index in [0.29, 0.717) is 5.56 Å². The summed E-state index contributed by atoms with van der Waals surface area (Å²) in [5.41, 5.74) is 2.63. The number of esters is 1. The first-order chi connectivity index (χ1) is 13.0. The maximum atomic E-state index is 12.6. The maximum Gasteiger partial charge on any atom is 0.385 e. The molecular formula is C23H24O5. The molecule has 2 aromatic rings. The lowest BCUT2D eigenvalue weighted by Gasteiger charge is -2.42. The SMILES string of the molecule is CC1(C)CCC(C)(C)c2cc(C(=O)C(=O)Oc3ccc(C(=O)O)cc3)ccc21. The minimum absolute atomic E-state index is 0.0266. The van der Waals surface area contributed by atoms with Gasteiger partial charge in [-0.1, -0.05) is 39.8 Å². The summed E-state index contributed by atoms with van der Waals surface area (Å²) in [4.78, 5) is 35.8. The molecule has 0 spiro atoms. The van der Waals surface area contributed by atoms with Gasteiger partial charge in [-0.05, 0) is 65.1 Å². The predicted molar refractivity (Wildman–Crippen MR) is 105 cm³/mol. The van der Waals surface area contributed by atoms with E-state index >= 15 is 0 Å². The van der Waals surface area contributed by atoms with Gasteiger partial charge < -0.3 is 9.84 Å². The number of aromatic carboxylic acids is 1. The molecule has 2 aromatic carbocycles. The van der Waals surface area contributed by atoms with Crippen LogP contribution in [-0.4, -0.2) is 22.8 Å². The Balaban J connectivity index is 1.84. The molecule has 0 radical (unpaired) electrons. The van der Waals surface area contributed by atoms with E-state index in [1.54, 1.807) is 6.07 Å². The number of hydrogen-bond donors (Lipinski definition) is 1. The number of carboxylic acids is 1.